The van der Waals surface area contributed by atoms with Crippen LogP contribution in [-0.4, -0.2) is 39.8 Å². The fourth-order valence-electron chi connectivity index (χ4n) is 2.18. The first-order valence-corrected chi connectivity index (χ1v) is 9.85. The SMILES string of the molecule is CN=C(NCc1ccc(Cl)cc1)NCc1ccc(S(=O)(=O)N(C)C)cc1. The minimum Gasteiger partial charge on any atom is -0.352 e. The second kappa shape index (κ2) is 9.02. The largest absolute Gasteiger partial charge is 0.352 e. The van der Waals surface area contributed by atoms with E-state index in [0.717, 1.165) is 11.1 Å². The molecule has 0 unspecified atom stereocenters. The Morgan fingerprint density at radius 1 is 0.962 bits per heavy atom. The third-order valence-corrected chi connectivity index (χ3v) is 5.84. The predicted molar refractivity (Wildman–Crippen MR) is 106 cm³/mol. The Morgan fingerprint density at radius 3 is 1.85 bits per heavy atom. The number of rotatable bonds is 6. The Hall–Kier alpha value is -2.09. The van der Waals surface area contributed by atoms with Gasteiger partial charge in [0.15, 0.2) is 5.96 Å². The van der Waals surface area contributed by atoms with Crippen LogP contribution in [0.2, 0.25) is 5.02 Å². The van der Waals surface area contributed by atoms with Gasteiger partial charge in [0, 0.05) is 39.3 Å². The molecule has 0 aliphatic rings. The van der Waals surface area contributed by atoms with Crippen LogP contribution in [0.15, 0.2) is 58.4 Å². The zero-order chi connectivity index (χ0) is 19.2. The van der Waals surface area contributed by atoms with Gasteiger partial charge in [-0.05, 0) is 35.4 Å². The summed E-state index contributed by atoms with van der Waals surface area (Å²) in [6, 6.07) is 14.4. The second-order valence-electron chi connectivity index (χ2n) is 5.84. The molecule has 2 aromatic rings. The number of halogens is 1. The van der Waals surface area contributed by atoms with Crippen molar-refractivity contribution in [2.45, 2.75) is 18.0 Å². The molecular weight excluding hydrogens is 372 g/mol. The average Bonchev–Trinajstić information content (AvgIpc) is 2.63. The molecule has 0 fully saturated rings. The maximum absolute atomic E-state index is 12.1. The van der Waals surface area contributed by atoms with Gasteiger partial charge in [0.1, 0.15) is 0 Å². The Labute approximate surface area is 159 Å². The van der Waals surface area contributed by atoms with E-state index in [9.17, 15) is 8.42 Å². The van der Waals surface area contributed by atoms with Gasteiger partial charge in [-0.3, -0.25) is 4.99 Å². The molecule has 0 atom stereocenters. The number of guanidine groups is 1. The Balaban J connectivity index is 1.91. The van der Waals surface area contributed by atoms with Gasteiger partial charge in [-0.1, -0.05) is 35.9 Å². The molecule has 0 heterocycles. The van der Waals surface area contributed by atoms with Gasteiger partial charge in [-0.25, -0.2) is 12.7 Å². The second-order valence-corrected chi connectivity index (χ2v) is 8.43. The zero-order valence-electron chi connectivity index (χ0n) is 15.0. The van der Waals surface area contributed by atoms with Crippen molar-refractivity contribution in [1.29, 1.82) is 0 Å². The van der Waals surface area contributed by atoms with Crippen molar-refractivity contribution in [3.8, 4) is 0 Å². The third kappa shape index (κ3) is 5.45. The molecule has 0 saturated heterocycles. The van der Waals surface area contributed by atoms with Crippen LogP contribution in [0.25, 0.3) is 0 Å². The summed E-state index contributed by atoms with van der Waals surface area (Å²) in [5.41, 5.74) is 2.05. The van der Waals surface area contributed by atoms with Gasteiger partial charge in [-0.15, -0.1) is 0 Å². The molecule has 6 nitrogen and oxygen atoms in total. The molecule has 2 N–H and O–H groups in total. The van der Waals surface area contributed by atoms with Crippen molar-refractivity contribution in [1.82, 2.24) is 14.9 Å². The summed E-state index contributed by atoms with van der Waals surface area (Å²) >= 11 is 5.88. The van der Waals surface area contributed by atoms with Crippen molar-refractivity contribution < 1.29 is 8.42 Å². The van der Waals surface area contributed by atoms with Crippen LogP contribution in [0.4, 0.5) is 0 Å². The number of hydrogen-bond donors (Lipinski definition) is 2. The van der Waals surface area contributed by atoms with Gasteiger partial charge in [0.05, 0.1) is 4.90 Å². The first-order valence-electron chi connectivity index (χ1n) is 8.03. The van der Waals surface area contributed by atoms with Crippen molar-refractivity contribution >= 4 is 27.6 Å². The van der Waals surface area contributed by atoms with Crippen molar-refractivity contribution in [3.05, 3.63) is 64.7 Å². The standard InChI is InChI=1S/C18H23ClN4O2S/c1-20-18(21-12-14-4-8-16(19)9-5-14)22-13-15-6-10-17(11-7-15)26(24,25)23(2)3/h4-11H,12-13H2,1-3H3,(H2,20,21,22). The molecule has 0 aromatic heterocycles. The molecule has 26 heavy (non-hydrogen) atoms. The van der Waals surface area contributed by atoms with Gasteiger partial charge in [0.2, 0.25) is 10.0 Å². The lowest BCUT2D eigenvalue weighted by Gasteiger charge is -2.13. The zero-order valence-corrected chi connectivity index (χ0v) is 16.6. The molecule has 2 aromatic carbocycles. The lowest BCUT2D eigenvalue weighted by molar-refractivity contribution is 0.520. The molecule has 0 amide bonds. The van der Waals surface area contributed by atoms with E-state index < -0.39 is 10.0 Å². The monoisotopic (exact) mass is 394 g/mol. The van der Waals surface area contributed by atoms with Crippen molar-refractivity contribution in [2.24, 2.45) is 4.99 Å². The number of sulfonamides is 1. The number of nitrogens with one attached hydrogen (secondary N) is 2. The van der Waals surface area contributed by atoms with Crippen LogP contribution in [0.1, 0.15) is 11.1 Å². The number of nitrogens with zero attached hydrogens (tertiary/aromatic N) is 2. The van der Waals surface area contributed by atoms with Gasteiger partial charge < -0.3 is 10.6 Å². The van der Waals surface area contributed by atoms with Crippen LogP contribution in [0.3, 0.4) is 0 Å². The minimum atomic E-state index is -3.40. The molecule has 0 aliphatic carbocycles. The van der Waals surface area contributed by atoms with Crippen LogP contribution < -0.4 is 10.6 Å². The summed E-state index contributed by atoms with van der Waals surface area (Å²) in [5, 5.41) is 7.13. The van der Waals surface area contributed by atoms with Gasteiger partial charge in [-0.2, -0.15) is 0 Å². The number of aliphatic imine (C=N–C) groups is 1. The van der Waals surface area contributed by atoms with E-state index in [1.165, 1.54) is 18.4 Å². The van der Waals surface area contributed by atoms with Gasteiger partial charge >= 0.3 is 0 Å². The third-order valence-electron chi connectivity index (χ3n) is 3.76. The Bertz CT molecular complexity index is 848. The first kappa shape index (κ1) is 20.2. The summed E-state index contributed by atoms with van der Waals surface area (Å²) in [4.78, 5) is 4.46. The maximum atomic E-state index is 12.1. The fourth-order valence-corrected chi connectivity index (χ4v) is 3.21. The first-order chi connectivity index (χ1) is 12.3. The molecular formula is C18H23ClN4O2S. The highest BCUT2D eigenvalue weighted by Crippen LogP contribution is 2.14. The summed E-state index contributed by atoms with van der Waals surface area (Å²) in [7, 11) is 1.32. The molecule has 0 bridgehead atoms. The lowest BCUT2D eigenvalue weighted by Crippen LogP contribution is -2.36. The lowest BCUT2D eigenvalue weighted by atomic mass is 10.2. The molecule has 2 rings (SSSR count). The normalized spacial score (nSPS) is 12.3. The molecule has 8 heteroatoms. The summed E-state index contributed by atoms with van der Waals surface area (Å²) in [6.07, 6.45) is 0. The van der Waals surface area contributed by atoms with E-state index >= 15 is 0 Å². The van der Waals surface area contributed by atoms with Gasteiger partial charge in [0.25, 0.3) is 0 Å². The summed E-state index contributed by atoms with van der Waals surface area (Å²) < 4.78 is 25.3. The number of hydrogen-bond acceptors (Lipinski definition) is 3. The molecule has 0 radical (unpaired) electrons. The maximum Gasteiger partial charge on any atom is 0.242 e. The topological polar surface area (TPSA) is 73.8 Å². The van der Waals surface area contributed by atoms with Crippen LogP contribution >= 0.6 is 11.6 Å². The van der Waals surface area contributed by atoms with Crippen molar-refractivity contribution in [3.63, 3.8) is 0 Å². The number of benzene rings is 2. The van der Waals surface area contributed by atoms with E-state index in [2.05, 4.69) is 15.6 Å². The highest BCUT2D eigenvalue weighted by atomic mass is 35.5. The fraction of sp³-hybridized carbons (Fsp3) is 0.278. The van der Waals surface area contributed by atoms with Crippen LogP contribution in [0.5, 0.6) is 0 Å². The smallest absolute Gasteiger partial charge is 0.242 e. The summed E-state index contributed by atoms with van der Waals surface area (Å²) in [5.74, 6) is 0.657. The van der Waals surface area contributed by atoms with E-state index in [0.29, 0.717) is 24.1 Å². The Morgan fingerprint density at radius 2 is 1.42 bits per heavy atom. The minimum absolute atomic E-state index is 0.275. The predicted octanol–water partition coefficient (Wildman–Crippen LogP) is 2.46. The van der Waals surface area contributed by atoms with Crippen molar-refractivity contribution in [2.75, 3.05) is 21.1 Å². The Kier molecular flexibility index (Phi) is 7.02. The van der Waals surface area contributed by atoms with Crippen LogP contribution in [0, 0.1) is 0 Å². The van der Waals surface area contributed by atoms with Crippen LogP contribution in [-0.2, 0) is 23.1 Å². The molecule has 0 spiro atoms. The molecule has 0 aliphatic heterocycles. The quantitative estimate of drug-likeness (QED) is 0.583. The average molecular weight is 395 g/mol. The molecule has 0 saturated carbocycles. The molecule has 140 valence electrons. The van der Waals surface area contributed by atoms with E-state index in [1.807, 2.05) is 24.3 Å². The van der Waals surface area contributed by atoms with E-state index in [-0.39, 0.29) is 4.90 Å². The highest BCUT2D eigenvalue weighted by molar-refractivity contribution is 7.89. The highest BCUT2D eigenvalue weighted by Gasteiger charge is 2.16. The summed E-state index contributed by atoms with van der Waals surface area (Å²) in [6.45, 7) is 1.15. The van der Waals surface area contributed by atoms with E-state index in [4.69, 9.17) is 11.6 Å². The van der Waals surface area contributed by atoms with E-state index in [1.54, 1.807) is 31.3 Å².